The summed E-state index contributed by atoms with van der Waals surface area (Å²) in [4.78, 5) is 13.2. The molecule has 1 aliphatic heterocycles. The van der Waals surface area contributed by atoms with Gasteiger partial charge in [-0.3, -0.25) is 9.88 Å². The number of aromatic nitrogens is 2. The first-order chi connectivity index (χ1) is 7.90. The van der Waals surface area contributed by atoms with Crippen LogP contribution in [0.1, 0.15) is 6.42 Å². The van der Waals surface area contributed by atoms with Gasteiger partial charge in [0.25, 0.3) is 0 Å². The van der Waals surface area contributed by atoms with E-state index < -0.39 is 0 Å². The predicted octanol–water partition coefficient (Wildman–Crippen LogP) is 1.17. The maximum absolute atomic E-state index is 4.34. The molecule has 4 heteroatoms. The van der Waals surface area contributed by atoms with E-state index in [-0.39, 0.29) is 0 Å². The summed E-state index contributed by atoms with van der Waals surface area (Å²) in [7, 11) is 0. The van der Waals surface area contributed by atoms with Gasteiger partial charge in [0.2, 0.25) is 0 Å². The summed E-state index contributed by atoms with van der Waals surface area (Å²) < 4.78 is 0. The summed E-state index contributed by atoms with van der Waals surface area (Å²) >= 11 is 0. The molecule has 1 saturated heterocycles. The monoisotopic (exact) mass is 218 g/mol. The first-order valence-electron chi connectivity index (χ1n) is 5.74. The van der Waals surface area contributed by atoms with Crippen LogP contribution in [0.2, 0.25) is 0 Å². The maximum atomic E-state index is 4.34. The van der Waals surface area contributed by atoms with E-state index in [1.807, 2.05) is 12.3 Å². The Hall–Kier alpha value is -1.42. The number of anilines is 1. The molecule has 16 heavy (non-hydrogen) atoms. The first-order valence-corrected chi connectivity index (χ1v) is 5.74. The van der Waals surface area contributed by atoms with Crippen molar-refractivity contribution in [2.75, 3.05) is 37.6 Å². The second-order valence-electron chi connectivity index (χ2n) is 3.99. The topological polar surface area (TPSA) is 32.3 Å². The molecule has 0 spiro atoms. The van der Waals surface area contributed by atoms with Crippen LogP contribution in [0.5, 0.6) is 0 Å². The summed E-state index contributed by atoms with van der Waals surface area (Å²) in [6.07, 6.45) is 8.44. The van der Waals surface area contributed by atoms with E-state index in [1.165, 1.54) is 6.42 Å². The molecular weight excluding hydrogens is 200 g/mol. The number of nitrogens with zero attached hydrogens (tertiary/aromatic N) is 4. The van der Waals surface area contributed by atoms with Gasteiger partial charge in [0, 0.05) is 45.1 Å². The Morgan fingerprint density at radius 3 is 2.94 bits per heavy atom. The van der Waals surface area contributed by atoms with Gasteiger partial charge in [0.15, 0.2) is 0 Å². The molecule has 0 amide bonds. The van der Waals surface area contributed by atoms with Crippen molar-refractivity contribution in [3.8, 4) is 0 Å². The zero-order valence-corrected chi connectivity index (χ0v) is 9.55. The highest BCUT2D eigenvalue weighted by Crippen LogP contribution is 2.11. The lowest BCUT2D eigenvalue weighted by atomic mass is 10.4. The van der Waals surface area contributed by atoms with Crippen LogP contribution in [-0.2, 0) is 0 Å². The normalized spacial score (nSPS) is 18.1. The average molecular weight is 218 g/mol. The number of hydrogen-bond donors (Lipinski definition) is 0. The molecule has 2 rings (SSSR count). The highest BCUT2D eigenvalue weighted by molar-refractivity contribution is 5.35. The van der Waals surface area contributed by atoms with E-state index >= 15 is 0 Å². The lowest BCUT2D eigenvalue weighted by Gasteiger charge is -2.21. The highest BCUT2D eigenvalue weighted by Gasteiger charge is 2.14. The van der Waals surface area contributed by atoms with Crippen molar-refractivity contribution in [1.29, 1.82) is 0 Å². The summed E-state index contributed by atoms with van der Waals surface area (Å²) in [5.74, 6) is 0.989. The molecule has 0 bridgehead atoms. The minimum absolute atomic E-state index is 0.980. The Labute approximate surface area is 96.6 Å². The lowest BCUT2D eigenvalue weighted by molar-refractivity contribution is 0.325. The Morgan fingerprint density at radius 2 is 2.19 bits per heavy atom. The third-order valence-electron chi connectivity index (χ3n) is 2.85. The second kappa shape index (κ2) is 5.61. The molecule has 2 heterocycles. The third kappa shape index (κ3) is 2.79. The fourth-order valence-corrected chi connectivity index (χ4v) is 2.02. The van der Waals surface area contributed by atoms with Gasteiger partial charge >= 0.3 is 0 Å². The first kappa shape index (κ1) is 11.1. The average Bonchev–Trinajstić information content (AvgIpc) is 2.57. The van der Waals surface area contributed by atoms with Crippen LogP contribution < -0.4 is 4.90 Å². The smallest absolute Gasteiger partial charge is 0.147 e. The van der Waals surface area contributed by atoms with Gasteiger partial charge in [-0.2, -0.15) is 0 Å². The Kier molecular flexibility index (Phi) is 3.88. The fraction of sp³-hybridized carbons (Fsp3) is 0.500. The molecule has 0 aliphatic carbocycles. The van der Waals surface area contributed by atoms with Crippen molar-refractivity contribution >= 4 is 5.82 Å². The van der Waals surface area contributed by atoms with E-state index in [9.17, 15) is 0 Å². The Balaban J connectivity index is 1.96. The molecule has 0 N–H and O–H groups in total. The van der Waals surface area contributed by atoms with E-state index in [0.29, 0.717) is 0 Å². The van der Waals surface area contributed by atoms with Crippen molar-refractivity contribution < 1.29 is 0 Å². The molecule has 1 aliphatic rings. The van der Waals surface area contributed by atoms with Crippen LogP contribution in [0.3, 0.4) is 0 Å². The number of hydrogen-bond acceptors (Lipinski definition) is 4. The van der Waals surface area contributed by atoms with Crippen LogP contribution in [0.25, 0.3) is 0 Å². The lowest BCUT2D eigenvalue weighted by Crippen LogP contribution is -2.31. The van der Waals surface area contributed by atoms with E-state index in [2.05, 4.69) is 26.3 Å². The van der Waals surface area contributed by atoms with Crippen LogP contribution >= 0.6 is 0 Å². The summed E-state index contributed by atoms with van der Waals surface area (Å²) in [5, 5.41) is 0. The summed E-state index contributed by atoms with van der Waals surface area (Å²) in [6, 6.07) is 0. The molecule has 1 fully saturated rings. The van der Waals surface area contributed by atoms with Gasteiger partial charge in [0.1, 0.15) is 5.82 Å². The van der Waals surface area contributed by atoms with Crippen LogP contribution in [0.4, 0.5) is 5.82 Å². The quantitative estimate of drug-likeness (QED) is 0.713. The minimum atomic E-state index is 0.980. The van der Waals surface area contributed by atoms with Crippen molar-refractivity contribution in [3.05, 3.63) is 31.2 Å². The standard InChI is InChI=1S/C12H18N4/c1-2-6-15-7-3-8-16(10-9-15)12-11-13-4-5-14-12/h2,4-5,11H,1,3,6-10H2. The van der Waals surface area contributed by atoms with Gasteiger partial charge in [-0.25, -0.2) is 4.98 Å². The SMILES string of the molecule is C=CCN1CCCN(c2cnccn2)CC1. The molecule has 1 aromatic rings. The molecular formula is C12H18N4. The largest absolute Gasteiger partial charge is 0.354 e. The second-order valence-corrected chi connectivity index (χ2v) is 3.99. The highest BCUT2D eigenvalue weighted by atomic mass is 15.2. The minimum Gasteiger partial charge on any atom is -0.354 e. The van der Waals surface area contributed by atoms with Gasteiger partial charge < -0.3 is 4.90 Å². The molecule has 4 nitrogen and oxygen atoms in total. The van der Waals surface area contributed by atoms with Crippen molar-refractivity contribution in [1.82, 2.24) is 14.9 Å². The maximum Gasteiger partial charge on any atom is 0.147 e. The van der Waals surface area contributed by atoms with Crippen LogP contribution in [0, 0.1) is 0 Å². The summed E-state index contributed by atoms with van der Waals surface area (Å²) in [5.41, 5.74) is 0. The van der Waals surface area contributed by atoms with E-state index in [4.69, 9.17) is 0 Å². The Bertz CT molecular complexity index is 325. The molecule has 0 aromatic carbocycles. The third-order valence-corrected chi connectivity index (χ3v) is 2.85. The predicted molar refractivity (Wildman–Crippen MR) is 65.5 cm³/mol. The van der Waals surface area contributed by atoms with Gasteiger partial charge in [0.05, 0.1) is 6.20 Å². The molecule has 0 saturated carbocycles. The molecule has 0 unspecified atom stereocenters. The Morgan fingerprint density at radius 1 is 1.25 bits per heavy atom. The number of rotatable bonds is 3. The zero-order chi connectivity index (χ0) is 11.2. The van der Waals surface area contributed by atoms with Gasteiger partial charge in [-0.15, -0.1) is 6.58 Å². The molecule has 0 radical (unpaired) electrons. The van der Waals surface area contributed by atoms with E-state index in [0.717, 1.165) is 38.5 Å². The molecule has 0 atom stereocenters. The van der Waals surface area contributed by atoms with Gasteiger partial charge in [-0.05, 0) is 6.42 Å². The van der Waals surface area contributed by atoms with Crippen molar-refractivity contribution in [2.45, 2.75) is 6.42 Å². The zero-order valence-electron chi connectivity index (χ0n) is 9.55. The fourth-order valence-electron chi connectivity index (χ4n) is 2.02. The van der Waals surface area contributed by atoms with E-state index in [1.54, 1.807) is 12.4 Å². The van der Waals surface area contributed by atoms with Crippen LogP contribution in [-0.4, -0.2) is 47.6 Å². The van der Waals surface area contributed by atoms with Gasteiger partial charge in [-0.1, -0.05) is 6.08 Å². The van der Waals surface area contributed by atoms with Crippen molar-refractivity contribution in [3.63, 3.8) is 0 Å². The van der Waals surface area contributed by atoms with Crippen LogP contribution in [0.15, 0.2) is 31.2 Å². The molecule has 86 valence electrons. The van der Waals surface area contributed by atoms with Crippen molar-refractivity contribution in [2.24, 2.45) is 0 Å². The summed E-state index contributed by atoms with van der Waals surface area (Å²) in [6.45, 7) is 9.06. The molecule has 1 aromatic heterocycles.